The van der Waals surface area contributed by atoms with Crippen LogP contribution in [-0.4, -0.2) is 12.9 Å². The molecular formula is C34H34BrN3O3. The third-order valence-electron chi connectivity index (χ3n) is 7.91. The summed E-state index contributed by atoms with van der Waals surface area (Å²) in [6.07, 6.45) is 1.07. The molecule has 1 heterocycles. The van der Waals surface area contributed by atoms with Gasteiger partial charge in [-0.3, -0.25) is 9.69 Å². The number of allylic oxidation sites excluding steroid dienone is 3. The predicted octanol–water partition coefficient (Wildman–Crippen LogP) is 7.59. The van der Waals surface area contributed by atoms with Crippen molar-refractivity contribution in [2.45, 2.75) is 53.1 Å². The van der Waals surface area contributed by atoms with Gasteiger partial charge < -0.3 is 15.2 Å². The summed E-state index contributed by atoms with van der Waals surface area (Å²) in [5.41, 5.74) is 13.2. The van der Waals surface area contributed by atoms with Crippen LogP contribution in [0.1, 0.15) is 54.9 Å². The maximum atomic E-state index is 14.0. The van der Waals surface area contributed by atoms with Gasteiger partial charge in [-0.1, -0.05) is 53.5 Å². The van der Waals surface area contributed by atoms with E-state index in [1.165, 1.54) is 0 Å². The number of nitrogens with two attached hydrogens (primary N) is 1. The van der Waals surface area contributed by atoms with E-state index in [0.29, 0.717) is 36.4 Å². The topological polar surface area (TPSA) is 88.6 Å². The number of rotatable bonds is 6. The first-order chi connectivity index (χ1) is 19.5. The second kappa shape index (κ2) is 11.1. The van der Waals surface area contributed by atoms with Gasteiger partial charge in [-0.05, 0) is 84.8 Å². The Kier molecular flexibility index (Phi) is 7.72. The minimum absolute atomic E-state index is 0.0541. The summed E-state index contributed by atoms with van der Waals surface area (Å²) >= 11 is 3.57. The molecule has 0 aromatic heterocycles. The molecule has 2 aliphatic rings. The Morgan fingerprint density at radius 3 is 2.44 bits per heavy atom. The van der Waals surface area contributed by atoms with Crippen molar-refractivity contribution >= 4 is 27.4 Å². The average molecular weight is 613 g/mol. The zero-order valence-electron chi connectivity index (χ0n) is 24.0. The number of nitriles is 1. The lowest BCUT2D eigenvalue weighted by Crippen LogP contribution is -2.42. The first-order valence-corrected chi connectivity index (χ1v) is 14.4. The molecule has 5 rings (SSSR count). The fourth-order valence-corrected chi connectivity index (χ4v) is 6.36. The highest BCUT2D eigenvalue weighted by Gasteiger charge is 2.45. The van der Waals surface area contributed by atoms with Crippen molar-refractivity contribution in [2.24, 2.45) is 11.1 Å². The average Bonchev–Trinajstić information content (AvgIpc) is 2.92. The van der Waals surface area contributed by atoms with E-state index >= 15 is 0 Å². The number of methoxy groups -OCH3 is 1. The van der Waals surface area contributed by atoms with Gasteiger partial charge >= 0.3 is 0 Å². The Morgan fingerprint density at radius 2 is 1.78 bits per heavy atom. The van der Waals surface area contributed by atoms with Crippen LogP contribution in [0, 0.1) is 30.6 Å². The Hall–Kier alpha value is -4.02. The molecule has 1 aliphatic heterocycles. The quantitative estimate of drug-likeness (QED) is 0.309. The first kappa shape index (κ1) is 28.5. The number of benzene rings is 3. The fraction of sp³-hybridized carbons (Fsp3) is 0.294. The molecule has 0 bridgehead atoms. The maximum Gasteiger partial charge on any atom is 0.162 e. The van der Waals surface area contributed by atoms with E-state index in [9.17, 15) is 10.1 Å². The van der Waals surface area contributed by atoms with E-state index in [4.69, 9.17) is 15.2 Å². The summed E-state index contributed by atoms with van der Waals surface area (Å²) < 4.78 is 12.3. The number of Topliss-reactive ketones (excluding diaryl/α,β-unsaturated/α-hetero) is 1. The van der Waals surface area contributed by atoms with Crippen LogP contribution < -0.4 is 20.1 Å². The molecule has 1 atom stereocenters. The lowest BCUT2D eigenvalue weighted by molar-refractivity contribution is -0.118. The molecule has 210 valence electrons. The van der Waals surface area contributed by atoms with Gasteiger partial charge in [0.25, 0.3) is 0 Å². The van der Waals surface area contributed by atoms with Crippen molar-refractivity contribution in [3.63, 3.8) is 0 Å². The number of carbonyl (C=O) groups excluding carboxylic acids is 1. The minimum Gasteiger partial charge on any atom is -0.497 e. The Morgan fingerprint density at radius 1 is 1.07 bits per heavy atom. The molecule has 41 heavy (non-hydrogen) atoms. The van der Waals surface area contributed by atoms with Crippen LogP contribution in [0.4, 0.5) is 5.69 Å². The van der Waals surface area contributed by atoms with Crippen molar-refractivity contribution in [3.8, 4) is 17.6 Å². The van der Waals surface area contributed by atoms with Gasteiger partial charge in [0.2, 0.25) is 0 Å². The monoisotopic (exact) mass is 611 g/mol. The van der Waals surface area contributed by atoms with E-state index in [-0.39, 0.29) is 11.2 Å². The number of hydrogen-bond acceptors (Lipinski definition) is 6. The van der Waals surface area contributed by atoms with Gasteiger partial charge in [-0.15, -0.1) is 0 Å². The molecule has 0 radical (unpaired) electrons. The Bertz CT molecular complexity index is 1630. The molecule has 0 fully saturated rings. The molecule has 0 spiro atoms. The Balaban J connectivity index is 1.64. The van der Waals surface area contributed by atoms with E-state index in [1.807, 2.05) is 67.3 Å². The van der Waals surface area contributed by atoms with Crippen molar-refractivity contribution in [1.29, 1.82) is 5.26 Å². The highest BCUT2D eigenvalue weighted by Crippen LogP contribution is 2.51. The second-order valence-corrected chi connectivity index (χ2v) is 12.5. The standard InChI is InChI=1S/C34H34BrN3O3/c1-20-13-22(19-41-26-11-9-25(40-5)10-12-26)21(2)27(14-20)31-28(18-36)33(37)38(24-8-6-7-23(35)15-24)29-16-34(3,4)17-30(39)32(29)31/h6-15,31H,16-17,19,37H2,1-5H3. The van der Waals surface area contributed by atoms with Gasteiger partial charge in [-0.2, -0.15) is 5.26 Å². The molecule has 0 saturated carbocycles. The van der Waals surface area contributed by atoms with E-state index in [1.54, 1.807) is 7.11 Å². The fourth-order valence-electron chi connectivity index (χ4n) is 5.98. The van der Waals surface area contributed by atoms with Gasteiger partial charge in [0.05, 0.1) is 24.7 Å². The molecule has 7 heteroatoms. The predicted molar refractivity (Wildman–Crippen MR) is 164 cm³/mol. The largest absolute Gasteiger partial charge is 0.497 e. The number of hydrogen-bond donors (Lipinski definition) is 1. The Labute approximate surface area is 250 Å². The van der Waals surface area contributed by atoms with Crippen LogP contribution in [0.15, 0.2) is 87.8 Å². The molecular weight excluding hydrogens is 578 g/mol. The molecule has 1 unspecified atom stereocenters. The van der Waals surface area contributed by atoms with Crippen molar-refractivity contribution in [2.75, 3.05) is 12.0 Å². The second-order valence-electron chi connectivity index (χ2n) is 11.6. The maximum absolute atomic E-state index is 14.0. The molecule has 3 aromatic rings. The number of carbonyl (C=O) groups is 1. The van der Waals surface area contributed by atoms with Crippen LogP contribution in [-0.2, 0) is 11.4 Å². The zero-order chi connectivity index (χ0) is 29.5. The number of halogens is 1. The highest BCUT2D eigenvalue weighted by molar-refractivity contribution is 9.10. The summed E-state index contributed by atoms with van der Waals surface area (Å²) in [5.74, 6) is 1.35. The normalized spacial score (nSPS) is 18.2. The number of anilines is 1. The third-order valence-corrected chi connectivity index (χ3v) is 8.41. The highest BCUT2D eigenvalue weighted by atomic mass is 79.9. The third kappa shape index (κ3) is 5.49. The number of aryl methyl sites for hydroxylation is 1. The lowest BCUT2D eigenvalue weighted by atomic mass is 9.68. The molecule has 3 aromatic carbocycles. The summed E-state index contributed by atoms with van der Waals surface area (Å²) in [6.45, 7) is 8.61. The van der Waals surface area contributed by atoms with Crippen molar-refractivity contribution < 1.29 is 14.3 Å². The van der Waals surface area contributed by atoms with Crippen LogP contribution in [0.25, 0.3) is 0 Å². The minimum atomic E-state index is -0.554. The lowest BCUT2D eigenvalue weighted by Gasteiger charge is -2.44. The van der Waals surface area contributed by atoms with Gasteiger partial charge in [0, 0.05) is 27.9 Å². The van der Waals surface area contributed by atoms with Crippen LogP contribution in [0.3, 0.4) is 0 Å². The van der Waals surface area contributed by atoms with Gasteiger partial charge in [0.1, 0.15) is 23.9 Å². The van der Waals surface area contributed by atoms with Gasteiger partial charge in [0.15, 0.2) is 5.78 Å². The van der Waals surface area contributed by atoms with E-state index < -0.39 is 5.92 Å². The van der Waals surface area contributed by atoms with Crippen molar-refractivity contribution in [3.05, 3.63) is 110 Å². The van der Waals surface area contributed by atoms with Crippen LogP contribution >= 0.6 is 15.9 Å². The number of nitrogens with zero attached hydrogens (tertiary/aromatic N) is 2. The summed E-state index contributed by atoms with van der Waals surface area (Å²) in [4.78, 5) is 15.9. The molecule has 0 amide bonds. The molecule has 2 N–H and O–H groups in total. The van der Waals surface area contributed by atoms with Gasteiger partial charge in [-0.25, -0.2) is 0 Å². The summed E-state index contributed by atoms with van der Waals surface area (Å²) in [6, 6.07) is 21.8. The zero-order valence-corrected chi connectivity index (χ0v) is 25.6. The van der Waals surface area contributed by atoms with Crippen LogP contribution in [0.2, 0.25) is 0 Å². The number of ketones is 1. The van der Waals surface area contributed by atoms with Crippen molar-refractivity contribution in [1.82, 2.24) is 0 Å². The van der Waals surface area contributed by atoms with E-state index in [0.717, 1.165) is 49.6 Å². The van der Waals surface area contributed by atoms with Crippen LogP contribution in [0.5, 0.6) is 11.5 Å². The molecule has 0 saturated heterocycles. The number of ether oxygens (including phenoxy) is 2. The smallest absolute Gasteiger partial charge is 0.162 e. The molecule has 1 aliphatic carbocycles. The SMILES string of the molecule is COc1ccc(OCc2cc(C)cc(C3C(C#N)=C(N)N(c4cccc(Br)c4)C4=C3C(=O)CC(C)(C)C4)c2C)cc1. The first-order valence-electron chi connectivity index (χ1n) is 13.6. The summed E-state index contributed by atoms with van der Waals surface area (Å²) in [5, 5.41) is 10.5. The molecule has 6 nitrogen and oxygen atoms in total. The van der Waals surface area contributed by atoms with E-state index in [2.05, 4.69) is 48.0 Å². The summed E-state index contributed by atoms with van der Waals surface area (Å²) in [7, 11) is 1.63.